The summed E-state index contributed by atoms with van der Waals surface area (Å²) in [7, 11) is -11.4. The lowest BCUT2D eigenvalue weighted by Crippen LogP contribution is -2.34. The Hall–Kier alpha value is -1.51. The summed E-state index contributed by atoms with van der Waals surface area (Å²) < 4.78 is 35.7. The molecular formula is C10H12N5O10P2-3. The molecule has 3 rings (SSSR count). The monoisotopic (exact) mass is 424 g/mol. The Balaban J connectivity index is 1.75. The lowest BCUT2D eigenvalue weighted by atomic mass is 10.1. The van der Waals surface area contributed by atoms with Crippen LogP contribution in [0.5, 0.6) is 0 Å². The first-order valence-corrected chi connectivity index (χ1v) is 10.0. The van der Waals surface area contributed by atoms with Crippen molar-refractivity contribution in [3.63, 3.8) is 0 Å². The average molecular weight is 424 g/mol. The predicted molar refractivity (Wildman–Crippen MR) is 77.9 cm³/mol. The van der Waals surface area contributed by atoms with Gasteiger partial charge in [-0.2, -0.15) is 0 Å². The fourth-order valence-electron chi connectivity index (χ4n) is 2.46. The molecule has 2 aromatic heterocycles. The second kappa shape index (κ2) is 7.14. The van der Waals surface area contributed by atoms with Crippen LogP contribution >= 0.6 is 15.6 Å². The van der Waals surface area contributed by atoms with E-state index in [1.54, 1.807) is 0 Å². The van der Waals surface area contributed by atoms with Gasteiger partial charge in [-0.3, -0.25) is 13.4 Å². The van der Waals surface area contributed by atoms with Crippen LogP contribution in [0.2, 0.25) is 0 Å². The zero-order chi connectivity index (χ0) is 20.0. The zero-order valence-electron chi connectivity index (χ0n) is 13.1. The molecule has 15 nitrogen and oxygen atoms in total. The van der Waals surface area contributed by atoms with Crippen LogP contribution in [0, 0.1) is 0 Å². The van der Waals surface area contributed by atoms with Gasteiger partial charge < -0.3 is 44.5 Å². The van der Waals surface area contributed by atoms with Crippen LogP contribution in [-0.2, 0) is 22.7 Å². The number of ether oxygens (including phenoxy) is 1. The number of aromatic nitrogens is 4. The van der Waals surface area contributed by atoms with Gasteiger partial charge in [0.15, 0.2) is 17.7 Å². The highest BCUT2D eigenvalue weighted by Gasteiger charge is 2.44. The van der Waals surface area contributed by atoms with Gasteiger partial charge in [-0.15, -0.1) is 0 Å². The standard InChI is InChI=1S/C10H15N5O10P2/c11-8-5-9(13-2-12-8)15(3-14-5)10-7(17)6(16)4(24-10)1-23-27(21,22)25-26(18,19)20/h2-4,6-7,10,16-17H,1H2,(H,21,22)(H2,11,12,13)(H2,18,19,20)/p-3/t4-,6?,7?,10-/m1/s1. The van der Waals surface area contributed by atoms with Crippen LogP contribution < -0.4 is 20.4 Å². The number of rotatable bonds is 6. The van der Waals surface area contributed by atoms with Crippen molar-refractivity contribution in [2.45, 2.75) is 24.5 Å². The van der Waals surface area contributed by atoms with E-state index in [2.05, 4.69) is 23.8 Å². The number of hydrogen-bond donors (Lipinski definition) is 3. The molecule has 150 valence electrons. The molecule has 1 aliphatic heterocycles. The lowest BCUT2D eigenvalue weighted by Gasteiger charge is -2.35. The molecule has 0 aromatic carbocycles. The minimum atomic E-state index is -5.85. The number of nitrogens with zero attached hydrogens (tertiary/aromatic N) is 4. The first-order chi connectivity index (χ1) is 12.5. The second-order valence-electron chi connectivity index (χ2n) is 5.40. The van der Waals surface area contributed by atoms with Gasteiger partial charge in [-0.1, -0.05) is 0 Å². The number of phosphoric ester groups is 1. The van der Waals surface area contributed by atoms with Gasteiger partial charge in [0.2, 0.25) is 0 Å². The number of hydrogen-bond acceptors (Lipinski definition) is 14. The molecule has 3 unspecified atom stereocenters. The summed E-state index contributed by atoms with van der Waals surface area (Å²) in [6.45, 7) is -0.931. The number of nitrogen functional groups attached to an aromatic ring is 1. The zero-order valence-corrected chi connectivity index (χ0v) is 14.9. The Labute approximate surface area is 150 Å². The maximum Gasteiger partial charge on any atom is 0.271 e. The quantitative estimate of drug-likeness (QED) is 0.379. The van der Waals surface area contributed by atoms with Crippen LogP contribution in [0.15, 0.2) is 12.7 Å². The highest BCUT2D eigenvalue weighted by atomic mass is 31.3. The third-order valence-corrected chi connectivity index (χ3v) is 5.66. The minimum absolute atomic E-state index is 0.0655. The Morgan fingerprint density at radius 1 is 1.22 bits per heavy atom. The van der Waals surface area contributed by atoms with Crippen molar-refractivity contribution in [1.29, 1.82) is 0 Å². The lowest BCUT2D eigenvalue weighted by molar-refractivity contribution is -0.339. The number of anilines is 1. The Morgan fingerprint density at radius 2 is 1.93 bits per heavy atom. The molecule has 1 fully saturated rings. The van der Waals surface area contributed by atoms with Crippen LogP contribution in [0.4, 0.5) is 5.82 Å². The van der Waals surface area contributed by atoms with Crippen molar-refractivity contribution in [1.82, 2.24) is 19.5 Å². The molecule has 1 saturated heterocycles. The van der Waals surface area contributed by atoms with Crippen LogP contribution in [-0.4, -0.2) is 54.7 Å². The maximum absolute atomic E-state index is 11.3. The molecule has 17 heteroatoms. The third kappa shape index (κ3) is 4.33. The molecular weight excluding hydrogens is 412 g/mol. The molecule has 0 radical (unpaired) electrons. The highest BCUT2D eigenvalue weighted by Crippen LogP contribution is 2.50. The van der Waals surface area contributed by atoms with Crippen LogP contribution in [0.3, 0.4) is 0 Å². The van der Waals surface area contributed by atoms with E-state index < -0.39 is 46.8 Å². The van der Waals surface area contributed by atoms with Gasteiger partial charge in [0.05, 0.1) is 20.8 Å². The van der Waals surface area contributed by atoms with Crippen molar-refractivity contribution in [3.05, 3.63) is 12.7 Å². The number of phosphoric acid groups is 2. The van der Waals surface area contributed by atoms with Gasteiger partial charge in [0.25, 0.3) is 7.82 Å². The van der Waals surface area contributed by atoms with Crippen molar-refractivity contribution in [2.24, 2.45) is 0 Å². The molecule has 0 saturated carbocycles. The molecule has 0 spiro atoms. The summed E-state index contributed by atoms with van der Waals surface area (Å²) in [5, 5.41) is 20.2. The summed E-state index contributed by atoms with van der Waals surface area (Å²) in [6, 6.07) is 0. The second-order valence-corrected chi connectivity index (χ2v) is 8.10. The number of aliphatic hydroxyl groups excluding tert-OH is 2. The number of imidazole rings is 1. The molecule has 0 bridgehead atoms. The number of fused-ring (bicyclic) bond motifs is 1. The van der Waals surface area contributed by atoms with Crippen molar-refractivity contribution < 1.29 is 47.6 Å². The molecule has 4 N–H and O–H groups in total. The summed E-state index contributed by atoms with van der Waals surface area (Å²) in [4.78, 5) is 43.7. The van der Waals surface area contributed by atoms with Crippen molar-refractivity contribution >= 4 is 32.6 Å². The summed E-state index contributed by atoms with van der Waals surface area (Å²) in [5.74, 6) is 0.0655. The fourth-order valence-corrected chi connectivity index (χ4v) is 3.96. The van der Waals surface area contributed by atoms with E-state index in [-0.39, 0.29) is 17.0 Å². The largest absolute Gasteiger partial charge is 0.790 e. The highest BCUT2D eigenvalue weighted by molar-refractivity contribution is 7.58. The van der Waals surface area contributed by atoms with E-state index in [4.69, 9.17) is 10.5 Å². The van der Waals surface area contributed by atoms with Gasteiger partial charge in [-0.25, -0.2) is 15.0 Å². The van der Waals surface area contributed by atoms with Gasteiger partial charge in [0.1, 0.15) is 30.2 Å². The van der Waals surface area contributed by atoms with Crippen molar-refractivity contribution in [3.8, 4) is 0 Å². The van der Waals surface area contributed by atoms with E-state index in [0.717, 1.165) is 6.33 Å². The number of aliphatic hydroxyl groups is 2. The molecule has 1 aliphatic rings. The summed E-state index contributed by atoms with van der Waals surface area (Å²) in [6.07, 6.45) is -3.48. The Kier molecular flexibility index (Phi) is 5.35. The van der Waals surface area contributed by atoms with Gasteiger partial charge in [0, 0.05) is 0 Å². The predicted octanol–water partition coefficient (Wildman–Crippen LogP) is -3.64. The molecule has 0 amide bonds. The molecule has 27 heavy (non-hydrogen) atoms. The van der Waals surface area contributed by atoms with Gasteiger partial charge in [-0.05, 0) is 0 Å². The maximum atomic E-state index is 11.3. The van der Waals surface area contributed by atoms with E-state index in [1.807, 2.05) is 0 Å². The summed E-state index contributed by atoms with van der Waals surface area (Å²) >= 11 is 0. The van der Waals surface area contributed by atoms with E-state index in [9.17, 15) is 34.0 Å². The number of nitrogens with two attached hydrogens (primary N) is 1. The van der Waals surface area contributed by atoms with E-state index in [0.29, 0.717) is 0 Å². The fraction of sp³-hybridized carbons (Fsp3) is 0.500. The van der Waals surface area contributed by atoms with Crippen molar-refractivity contribution in [2.75, 3.05) is 12.3 Å². The molecule has 3 heterocycles. The Bertz CT molecular complexity index is 932. The first kappa shape index (κ1) is 20.2. The topological polar surface area (TPSA) is 241 Å². The van der Waals surface area contributed by atoms with Crippen LogP contribution in [0.25, 0.3) is 11.2 Å². The molecule has 5 atom stereocenters. The Morgan fingerprint density at radius 3 is 2.59 bits per heavy atom. The molecule has 2 aromatic rings. The molecule has 0 aliphatic carbocycles. The third-order valence-electron chi connectivity index (χ3n) is 3.60. The minimum Gasteiger partial charge on any atom is -0.790 e. The van der Waals surface area contributed by atoms with E-state index in [1.165, 1.54) is 10.9 Å². The van der Waals surface area contributed by atoms with Crippen LogP contribution in [0.1, 0.15) is 6.23 Å². The smallest absolute Gasteiger partial charge is 0.271 e. The average Bonchev–Trinajstić information content (AvgIpc) is 3.07. The van der Waals surface area contributed by atoms with Gasteiger partial charge >= 0.3 is 0 Å². The normalized spacial score (nSPS) is 28.5. The SMILES string of the molecule is Nc1ncnc2c1ncn2[C@@H]1O[C@H](COP(=O)([O-])OP(=O)([O-])[O-])C(O)C1O. The summed E-state index contributed by atoms with van der Waals surface area (Å²) in [5.41, 5.74) is 6.04. The van der Waals surface area contributed by atoms with E-state index >= 15 is 0 Å². The first-order valence-electron chi connectivity index (χ1n) is 7.12.